The third-order valence-electron chi connectivity index (χ3n) is 4.32. The smallest absolute Gasteiger partial charge is 0.318 e. The molecule has 0 N–H and O–H groups in total. The number of carbonyl (C=O) groups is 2. The number of esters is 1. The van der Waals surface area contributed by atoms with E-state index in [4.69, 9.17) is 4.74 Å². The molecule has 0 radical (unpaired) electrons. The first-order valence-corrected chi connectivity index (χ1v) is 7.89. The molecule has 0 aliphatic carbocycles. The third kappa shape index (κ3) is 1.42. The van der Waals surface area contributed by atoms with Crippen molar-refractivity contribution in [1.29, 1.82) is 0 Å². The zero-order valence-electron chi connectivity index (χ0n) is 12.1. The molecule has 0 saturated carbocycles. The normalized spacial score (nSPS) is 28.7. The molecule has 0 bridgehead atoms. The highest BCUT2D eigenvalue weighted by Gasteiger charge is 2.61. The first kappa shape index (κ1) is 13.0. The van der Waals surface area contributed by atoms with E-state index in [0.29, 0.717) is 0 Å². The monoisotopic (exact) mass is 301 g/mol. The topological polar surface area (TPSA) is 46.6 Å². The van der Waals surface area contributed by atoms with Crippen molar-refractivity contribution >= 4 is 34.9 Å². The van der Waals surface area contributed by atoms with Gasteiger partial charge in [0.25, 0.3) is 10.8 Å². The molecule has 4 rings (SSSR count). The molecule has 3 aliphatic heterocycles. The quantitative estimate of drug-likeness (QED) is 0.691. The van der Waals surface area contributed by atoms with Crippen molar-refractivity contribution < 1.29 is 14.3 Å². The summed E-state index contributed by atoms with van der Waals surface area (Å²) in [5.74, 6) is -0.251. The minimum absolute atomic E-state index is 0.144. The highest BCUT2D eigenvalue weighted by Crippen LogP contribution is 2.57. The van der Waals surface area contributed by atoms with Gasteiger partial charge < -0.3 is 4.74 Å². The van der Waals surface area contributed by atoms with Crippen LogP contribution in [0.5, 0.6) is 0 Å². The van der Waals surface area contributed by atoms with Crippen molar-refractivity contribution in [2.24, 2.45) is 0 Å². The molecule has 0 aromatic heterocycles. The van der Waals surface area contributed by atoms with Crippen molar-refractivity contribution in [1.82, 2.24) is 0 Å². The summed E-state index contributed by atoms with van der Waals surface area (Å²) in [6, 6.07) is 5.84. The number of thioether (sulfide) groups is 1. The maximum Gasteiger partial charge on any atom is 0.318 e. The number of anilines is 1. The Morgan fingerprint density at radius 3 is 2.71 bits per heavy atom. The number of benzene rings is 1. The number of amides is 1. The van der Waals surface area contributed by atoms with Gasteiger partial charge in [-0.1, -0.05) is 36.0 Å². The highest BCUT2D eigenvalue weighted by atomic mass is 32.2. The maximum absolute atomic E-state index is 13.1. The number of rotatable bonds is 0. The molecule has 1 saturated heterocycles. The zero-order valence-corrected chi connectivity index (χ0v) is 12.9. The van der Waals surface area contributed by atoms with Crippen molar-refractivity contribution in [3.8, 4) is 0 Å². The number of allylic oxidation sites excluding steroid dienone is 1. The SMILES string of the molecule is CC1=CC(C)(C)N2C(=O)C3(OC(=O)CS3)c3cccc1c32. The molecular formula is C16H15NO3S. The van der Waals surface area contributed by atoms with Gasteiger partial charge in [0.15, 0.2) is 0 Å². The van der Waals surface area contributed by atoms with E-state index in [1.807, 2.05) is 32.0 Å². The summed E-state index contributed by atoms with van der Waals surface area (Å²) in [5.41, 5.74) is 3.47. The second kappa shape index (κ2) is 3.71. The Kier molecular flexibility index (Phi) is 2.29. The van der Waals surface area contributed by atoms with Gasteiger partial charge in [-0.2, -0.15) is 0 Å². The molecular weight excluding hydrogens is 286 g/mol. The van der Waals surface area contributed by atoms with E-state index >= 15 is 0 Å². The molecule has 1 aromatic rings. The fourth-order valence-electron chi connectivity index (χ4n) is 3.57. The summed E-state index contributed by atoms with van der Waals surface area (Å²) >= 11 is 1.28. The van der Waals surface area contributed by atoms with Crippen LogP contribution in [0.3, 0.4) is 0 Å². The van der Waals surface area contributed by atoms with Crippen LogP contribution >= 0.6 is 11.8 Å². The Morgan fingerprint density at radius 1 is 1.29 bits per heavy atom. The molecule has 5 heteroatoms. The van der Waals surface area contributed by atoms with Gasteiger partial charge in [0.1, 0.15) is 0 Å². The Morgan fingerprint density at radius 2 is 2.05 bits per heavy atom. The highest BCUT2D eigenvalue weighted by molar-refractivity contribution is 8.01. The Labute approximate surface area is 127 Å². The molecule has 1 fully saturated rings. The minimum Gasteiger partial charge on any atom is -0.433 e. The van der Waals surface area contributed by atoms with Crippen LogP contribution in [0.4, 0.5) is 5.69 Å². The lowest BCUT2D eigenvalue weighted by Crippen LogP contribution is -2.50. The van der Waals surface area contributed by atoms with Gasteiger partial charge in [-0.05, 0) is 26.3 Å². The molecule has 1 spiro atoms. The predicted octanol–water partition coefficient (Wildman–Crippen LogP) is 2.67. The van der Waals surface area contributed by atoms with Gasteiger partial charge >= 0.3 is 5.97 Å². The van der Waals surface area contributed by atoms with Crippen LogP contribution in [0, 0.1) is 0 Å². The standard InChI is InChI=1S/C16H15NO3S/c1-9-7-15(2,3)17-13-10(9)5-4-6-11(13)16(14(17)19)20-12(18)8-21-16/h4-7H,8H2,1-3H3. The average molecular weight is 301 g/mol. The van der Waals surface area contributed by atoms with E-state index in [-0.39, 0.29) is 17.6 Å². The lowest BCUT2D eigenvalue weighted by atomic mass is 9.89. The van der Waals surface area contributed by atoms with Crippen LogP contribution in [0.2, 0.25) is 0 Å². The molecule has 3 heterocycles. The Bertz CT molecular complexity index is 737. The van der Waals surface area contributed by atoms with Gasteiger partial charge in [0, 0.05) is 11.1 Å². The van der Waals surface area contributed by atoms with E-state index < -0.39 is 10.5 Å². The van der Waals surface area contributed by atoms with E-state index in [2.05, 4.69) is 13.0 Å². The zero-order chi connectivity index (χ0) is 15.0. The summed E-state index contributed by atoms with van der Waals surface area (Å²) in [5, 5.41) is 0. The summed E-state index contributed by atoms with van der Waals surface area (Å²) in [6.45, 7) is 6.07. The molecule has 21 heavy (non-hydrogen) atoms. The first-order chi connectivity index (χ1) is 9.87. The predicted molar refractivity (Wildman–Crippen MR) is 81.9 cm³/mol. The van der Waals surface area contributed by atoms with Crippen molar-refractivity contribution in [2.45, 2.75) is 31.2 Å². The van der Waals surface area contributed by atoms with Gasteiger partial charge in [0.05, 0.1) is 17.0 Å². The lowest BCUT2D eigenvalue weighted by molar-refractivity contribution is -0.153. The number of para-hydroxylation sites is 1. The molecule has 1 unspecified atom stereocenters. The summed E-state index contributed by atoms with van der Waals surface area (Å²) < 4.78 is 5.50. The van der Waals surface area contributed by atoms with Crippen LogP contribution in [0.25, 0.3) is 5.57 Å². The number of fused-ring (bicyclic) bond motifs is 1. The maximum atomic E-state index is 13.1. The second-order valence-electron chi connectivity index (χ2n) is 6.20. The molecule has 3 aliphatic rings. The summed E-state index contributed by atoms with van der Waals surface area (Å²) in [6.07, 6.45) is 2.09. The van der Waals surface area contributed by atoms with Crippen LogP contribution in [0.1, 0.15) is 31.9 Å². The molecule has 108 valence electrons. The summed E-state index contributed by atoms with van der Waals surface area (Å²) in [4.78, 5) is 25.3. The lowest BCUT2D eigenvalue weighted by Gasteiger charge is -2.38. The van der Waals surface area contributed by atoms with Crippen LogP contribution in [-0.4, -0.2) is 23.2 Å². The van der Waals surface area contributed by atoms with Crippen LogP contribution < -0.4 is 4.90 Å². The number of hydrogen-bond donors (Lipinski definition) is 0. The fraction of sp³-hybridized carbons (Fsp3) is 0.375. The molecule has 1 atom stereocenters. The van der Waals surface area contributed by atoms with Gasteiger partial charge in [-0.15, -0.1) is 0 Å². The van der Waals surface area contributed by atoms with Crippen molar-refractivity contribution in [3.63, 3.8) is 0 Å². The van der Waals surface area contributed by atoms with E-state index in [1.54, 1.807) is 4.90 Å². The van der Waals surface area contributed by atoms with E-state index in [9.17, 15) is 9.59 Å². The number of ether oxygens (including phenoxy) is 1. The Hall–Kier alpha value is -1.75. The number of carbonyl (C=O) groups excluding carboxylic acids is 2. The second-order valence-corrected chi connectivity index (χ2v) is 7.35. The average Bonchev–Trinajstić information content (AvgIpc) is 2.90. The van der Waals surface area contributed by atoms with Gasteiger partial charge in [0.2, 0.25) is 0 Å². The van der Waals surface area contributed by atoms with E-state index in [1.165, 1.54) is 11.8 Å². The third-order valence-corrected chi connectivity index (χ3v) is 5.59. The van der Waals surface area contributed by atoms with Crippen molar-refractivity contribution in [3.05, 3.63) is 35.4 Å². The molecule has 4 nitrogen and oxygen atoms in total. The Balaban J connectivity index is 2.04. The summed E-state index contributed by atoms with van der Waals surface area (Å²) in [7, 11) is 0. The fourth-order valence-corrected chi connectivity index (χ4v) is 4.64. The van der Waals surface area contributed by atoms with E-state index in [0.717, 1.165) is 22.4 Å². The van der Waals surface area contributed by atoms with Gasteiger partial charge in [-0.3, -0.25) is 14.5 Å². The number of hydrogen-bond acceptors (Lipinski definition) is 4. The number of nitrogens with zero attached hydrogens (tertiary/aromatic N) is 1. The van der Waals surface area contributed by atoms with Crippen molar-refractivity contribution in [2.75, 3.05) is 10.7 Å². The van der Waals surface area contributed by atoms with Crippen LogP contribution in [-0.2, 0) is 19.3 Å². The molecule has 1 aromatic carbocycles. The minimum atomic E-state index is -1.18. The molecule has 1 amide bonds. The van der Waals surface area contributed by atoms with Crippen LogP contribution in [0.15, 0.2) is 24.3 Å². The largest absolute Gasteiger partial charge is 0.433 e. The first-order valence-electron chi connectivity index (χ1n) is 6.91. The van der Waals surface area contributed by atoms with Gasteiger partial charge in [-0.25, -0.2) is 0 Å².